The highest BCUT2D eigenvalue weighted by Gasteiger charge is 2.16. The van der Waals surface area contributed by atoms with Crippen molar-refractivity contribution in [3.63, 3.8) is 0 Å². The lowest BCUT2D eigenvalue weighted by molar-refractivity contribution is 0.102. The molecule has 3 aromatic rings. The maximum Gasteiger partial charge on any atom is 0.256 e. The highest BCUT2D eigenvalue weighted by atomic mass is 16.6. The van der Waals surface area contributed by atoms with Gasteiger partial charge in [0.05, 0.1) is 12.7 Å². The first kappa shape index (κ1) is 19.4. The van der Waals surface area contributed by atoms with Crippen molar-refractivity contribution in [1.82, 2.24) is 10.3 Å². The van der Waals surface area contributed by atoms with Gasteiger partial charge in [0.1, 0.15) is 11.5 Å². The Morgan fingerprint density at radius 2 is 1.71 bits per heavy atom. The molecule has 146 valence electrons. The van der Waals surface area contributed by atoms with E-state index in [4.69, 9.17) is 14.1 Å². The van der Waals surface area contributed by atoms with E-state index in [9.17, 15) is 4.79 Å². The van der Waals surface area contributed by atoms with Gasteiger partial charge in [-0.25, -0.2) is 4.63 Å². The standard InChI is InChI=1S/C21H23N3O4/c1-4-13-26-17-9-5-15(6-10-17)19-20(24-28-23-19)22-21(25)16-7-11-18(12-8-16)27-14(2)3/h5-12,14H,4,13H2,1-3H3,(H,22,24,25). The first-order chi connectivity index (χ1) is 13.6. The Morgan fingerprint density at radius 1 is 1.04 bits per heavy atom. The van der Waals surface area contributed by atoms with E-state index in [1.807, 2.05) is 38.1 Å². The number of aromatic nitrogens is 2. The molecule has 1 aromatic heterocycles. The van der Waals surface area contributed by atoms with E-state index in [1.165, 1.54) is 0 Å². The van der Waals surface area contributed by atoms with Crippen molar-refractivity contribution in [2.75, 3.05) is 11.9 Å². The third-order valence-electron chi connectivity index (χ3n) is 3.81. The number of hydrogen-bond acceptors (Lipinski definition) is 6. The van der Waals surface area contributed by atoms with Crippen LogP contribution in [0.1, 0.15) is 37.6 Å². The van der Waals surface area contributed by atoms with Crippen LogP contribution in [0.25, 0.3) is 11.3 Å². The van der Waals surface area contributed by atoms with Crippen LogP contribution in [0.4, 0.5) is 5.82 Å². The summed E-state index contributed by atoms with van der Waals surface area (Å²) >= 11 is 0. The Hall–Kier alpha value is -3.35. The number of ether oxygens (including phenoxy) is 2. The lowest BCUT2D eigenvalue weighted by atomic mass is 10.1. The van der Waals surface area contributed by atoms with Crippen LogP contribution in [0.3, 0.4) is 0 Å². The number of anilines is 1. The molecule has 0 aliphatic heterocycles. The molecular formula is C21H23N3O4. The van der Waals surface area contributed by atoms with Crippen LogP contribution in [0.5, 0.6) is 11.5 Å². The van der Waals surface area contributed by atoms with E-state index in [-0.39, 0.29) is 17.8 Å². The van der Waals surface area contributed by atoms with Crippen LogP contribution in [0.15, 0.2) is 53.2 Å². The van der Waals surface area contributed by atoms with Crippen LogP contribution in [0, 0.1) is 0 Å². The molecule has 0 spiro atoms. The van der Waals surface area contributed by atoms with E-state index in [2.05, 4.69) is 22.6 Å². The van der Waals surface area contributed by atoms with Gasteiger partial charge in [0.25, 0.3) is 5.91 Å². The second-order valence-corrected chi connectivity index (χ2v) is 6.48. The Kier molecular flexibility index (Phi) is 6.26. The molecule has 0 atom stereocenters. The summed E-state index contributed by atoms with van der Waals surface area (Å²) in [5, 5.41) is 10.5. The summed E-state index contributed by atoms with van der Waals surface area (Å²) in [6.07, 6.45) is 1.01. The summed E-state index contributed by atoms with van der Waals surface area (Å²) in [5.74, 6) is 1.43. The molecule has 0 bridgehead atoms. The summed E-state index contributed by atoms with van der Waals surface area (Å²) in [6, 6.07) is 14.3. The Labute approximate surface area is 163 Å². The predicted molar refractivity (Wildman–Crippen MR) is 106 cm³/mol. The number of hydrogen-bond donors (Lipinski definition) is 1. The summed E-state index contributed by atoms with van der Waals surface area (Å²) in [4.78, 5) is 12.5. The zero-order valence-corrected chi connectivity index (χ0v) is 16.1. The smallest absolute Gasteiger partial charge is 0.256 e. The quantitative estimate of drug-likeness (QED) is 0.615. The molecular weight excluding hydrogens is 358 g/mol. The molecule has 7 heteroatoms. The Balaban J connectivity index is 1.70. The Bertz CT molecular complexity index is 902. The van der Waals surface area contributed by atoms with E-state index in [0.29, 0.717) is 23.6 Å². The third-order valence-corrected chi connectivity index (χ3v) is 3.81. The van der Waals surface area contributed by atoms with Gasteiger partial charge in [0.2, 0.25) is 5.82 Å². The summed E-state index contributed by atoms with van der Waals surface area (Å²) in [6.45, 7) is 6.60. The molecule has 0 radical (unpaired) electrons. The van der Waals surface area contributed by atoms with Crippen molar-refractivity contribution in [2.45, 2.75) is 33.3 Å². The second-order valence-electron chi connectivity index (χ2n) is 6.48. The molecule has 1 heterocycles. The van der Waals surface area contributed by atoms with E-state index < -0.39 is 0 Å². The lowest BCUT2D eigenvalue weighted by Gasteiger charge is -2.10. The summed E-state index contributed by atoms with van der Waals surface area (Å²) < 4.78 is 16.0. The molecule has 0 fully saturated rings. The monoisotopic (exact) mass is 381 g/mol. The van der Waals surface area contributed by atoms with Crippen molar-refractivity contribution in [2.24, 2.45) is 0 Å². The molecule has 1 amide bonds. The second kappa shape index (κ2) is 9.03. The van der Waals surface area contributed by atoms with Crippen LogP contribution in [-0.4, -0.2) is 28.9 Å². The minimum absolute atomic E-state index is 0.0715. The summed E-state index contributed by atoms with van der Waals surface area (Å²) in [7, 11) is 0. The van der Waals surface area contributed by atoms with E-state index >= 15 is 0 Å². The highest BCUT2D eigenvalue weighted by Crippen LogP contribution is 2.27. The van der Waals surface area contributed by atoms with Gasteiger partial charge in [-0.15, -0.1) is 0 Å². The molecule has 2 aromatic carbocycles. The lowest BCUT2D eigenvalue weighted by Crippen LogP contribution is -2.13. The first-order valence-corrected chi connectivity index (χ1v) is 9.20. The Morgan fingerprint density at radius 3 is 2.36 bits per heavy atom. The zero-order valence-electron chi connectivity index (χ0n) is 16.1. The van der Waals surface area contributed by atoms with Gasteiger partial charge in [0.15, 0.2) is 5.69 Å². The zero-order chi connectivity index (χ0) is 19.9. The molecule has 3 rings (SSSR count). The van der Waals surface area contributed by atoms with Crippen LogP contribution >= 0.6 is 0 Å². The van der Waals surface area contributed by atoms with Crippen molar-refractivity contribution in [1.29, 1.82) is 0 Å². The SMILES string of the molecule is CCCOc1ccc(-c2nonc2NC(=O)c2ccc(OC(C)C)cc2)cc1. The number of benzene rings is 2. The number of nitrogens with one attached hydrogen (secondary N) is 1. The predicted octanol–water partition coefficient (Wildman–Crippen LogP) is 4.56. The van der Waals surface area contributed by atoms with Crippen molar-refractivity contribution < 1.29 is 18.9 Å². The van der Waals surface area contributed by atoms with Gasteiger partial charge in [-0.2, -0.15) is 0 Å². The molecule has 28 heavy (non-hydrogen) atoms. The van der Waals surface area contributed by atoms with Gasteiger partial charge < -0.3 is 14.8 Å². The van der Waals surface area contributed by atoms with Crippen molar-refractivity contribution in [3.8, 4) is 22.8 Å². The van der Waals surface area contributed by atoms with Gasteiger partial charge in [0, 0.05) is 11.1 Å². The highest BCUT2D eigenvalue weighted by molar-refractivity contribution is 6.05. The first-order valence-electron chi connectivity index (χ1n) is 9.20. The minimum atomic E-state index is -0.309. The van der Waals surface area contributed by atoms with E-state index in [0.717, 1.165) is 17.7 Å². The van der Waals surface area contributed by atoms with Gasteiger partial charge in [-0.05, 0) is 79.1 Å². The van der Waals surface area contributed by atoms with Gasteiger partial charge >= 0.3 is 0 Å². The third kappa shape index (κ3) is 4.88. The topological polar surface area (TPSA) is 86.5 Å². The molecule has 7 nitrogen and oxygen atoms in total. The fraction of sp³-hybridized carbons (Fsp3) is 0.286. The number of amides is 1. The number of rotatable bonds is 8. The molecule has 0 aliphatic rings. The van der Waals surface area contributed by atoms with Gasteiger partial charge in [-0.3, -0.25) is 4.79 Å². The number of carbonyl (C=O) groups is 1. The molecule has 1 N–H and O–H groups in total. The largest absolute Gasteiger partial charge is 0.494 e. The average molecular weight is 381 g/mol. The van der Waals surface area contributed by atoms with Gasteiger partial charge in [-0.1, -0.05) is 6.92 Å². The maximum absolute atomic E-state index is 12.5. The van der Waals surface area contributed by atoms with Crippen molar-refractivity contribution in [3.05, 3.63) is 54.1 Å². The minimum Gasteiger partial charge on any atom is -0.494 e. The van der Waals surface area contributed by atoms with E-state index in [1.54, 1.807) is 24.3 Å². The van der Waals surface area contributed by atoms with Crippen molar-refractivity contribution >= 4 is 11.7 Å². The average Bonchev–Trinajstić information content (AvgIpc) is 3.15. The fourth-order valence-electron chi connectivity index (χ4n) is 2.53. The number of nitrogens with zero attached hydrogens (tertiary/aromatic N) is 2. The molecule has 0 aliphatic carbocycles. The molecule has 0 unspecified atom stereocenters. The normalized spacial score (nSPS) is 10.7. The molecule has 0 saturated carbocycles. The van der Waals surface area contributed by atoms with Crippen LogP contribution in [-0.2, 0) is 0 Å². The molecule has 0 saturated heterocycles. The van der Waals surface area contributed by atoms with Crippen LogP contribution in [0.2, 0.25) is 0 Å². The summed E-state index contributed by atoms with van der Waals surface area (Å²) in [5.41, 5.74) is 1.70. The van der Waals surface area contributed by atoms with Crippen LogP contribution < -0.4 is 14.8 Å². The maximum atomic E-state index is 12.5. The number of carbonyl (C=O) groups excluding carboxylic acids is 1. The fourth-order valence-corrected chi connectivity index (χ4v) is 2.53.